The maximum absolute atomic E-state index is 5.17. The summed E-state index contributed by atoms with van der Waals surface area (Å²) >= 11 is 0. The third-order valence-electron chi connectivity index (χ3n) is 1.62. The van der Waals surface area contributed by atoms with Crippen LogP contribution in [0.15, 0.2) is 24.4 Å². The van der Waals surface area contributed by atoms with Crippen LogP contribution in [0.5, 0.6) is 0 Å². The summed E-state index contributed by atoms with van der Waals surface area (Å²) in [5.41, 5.74) is 0. The van der Waals surface area contributed by atoms with Crippen molar-refractivity contribution >= 4 is 0 Å². The quantitative estimate of drug-likeness (QED) is 0.685. The number of nitrogens with zero attached hydrogens (tertiary/aromatic N) is 1. The molecule has 0 saturated heterocycles. The van der Waals surface area contributed by atoms with Crippen LogP contribution >= 0.6 is 0 Å². The van der Waals surface area contributed by atoms with E-state index in [9.17, 15) is 0 Å². The van der Waals surface area contributed by atoms with Crippen LogP contribution in [-0.2, 0) is 37.4 Å². The van der Waals surface area contributed by atoms with E-state index in [0.717, 1.165) is 6.23 Å². The first kappa shape index (κ1) is 12.2. The summed E-state index contributed by atoms with van der Waals surface area (Å²) in [5, 5.41) is 0. The van der Waals surface area contributed by atoms with Crippen LogP contribution in [0.25, 0.3) is 0 Å². The molecule has 2 nitrogen and oxygen atoms in total. The van der Waals surface area contributed by atoms with E-state index in [1.165, 1.54) is 0 Å². The monoisotopic (exact) mass is 241 g/mol. The number of ether oxygens (including phenoxy) is 1. The van der Waals surface area contributed by atoms with Crippen LogP contribution in [-0.4, -0.2) is 18.1 Å². The Kier molecular flexibility index (Phi) is 5.89. The summed E-state index contributed by atoms with van der Waals surface area (Å²) in [6, 6.07) is 0.450. The Labute approximate surface area is 99.5 Å². The van der Waals surface area contributed by atoms with Crippen molar-refractivity contribution in [1.29, 1.82) is 0 Å². The normalized spacial score (nSPS) is 15.3. The average Bonchev–Trinajstić information content (AvgIpc) is 2.04. The molecule has 0 bridgehead atoms. The van der Waals surface area contributed by atoms with Crippen LogP contribution < -0.4 is 0 Å². The standard InChI is InChI=1S/C9H14NO.Y/c1-8(2)10-7-5-4-6-9(10)11-3;/h4-8H,1-3H3;/q-1;. The van der Waals surface area contributed by atoms with Crippen molar-refractivity contribution in [3.05, 3.63) is 30.7 Å². The molecular formula is C9H14NOY-. The second kappa shape index (κ2) is 5.79. The van der Waals surface area contributed by atoms with Gasteiger partial charge in [0, 0.05) is 45.9 Å². The van der Waals surface area contributed by atoms with Crippen molar-refractivity contribution < 1.29 is 37.4 Å². The van der Waals surface area contributed by atoms with Crippen molar-refractivity contribution in [3.63, 3.8) is 0 Å². The van der Waals surface area contributed by atoms with Gasteiger partial charge < -0.3 is 9.64 Å². The zero-order chi connectivity index (χ0) is 8.27. The zero-order valence-corrected chi connectivity index (χ0v) is 10.7. The molecule has 1 aliphatic heterocycles. The molecule has 0 amide bonds. The van der Waals surface area contributed by atoms with Gasteiger partial charge in [0.1, 0.15) is 0 Å². The van der Waals surface area contributed by atoms with E-state index < -0.39 is 0 Å². The fraction of sp³-hybridized carbons (Fsp3) is 0.444. The summed E-state index contributed by atoms with van der Waals surface area (Å²) in [4.78, 5) is 2.08. The van der Waals surface area contributed by atoms with Crippen LogP contribution in [0.3, 0.4) is 0 Å². The van der Waals surface area contributed by atoms with E-state index in [4.69, 9.17) is 4.74 Å². The van der Waals surface area contributed by atoms with Gasteiger partial charge in [0.25, 0.3) is 0 Å². The minimum absolute atomic E-state index is 0. The van der Waals surface area contributed by atoms with Crippen LogP contribution in [0.2, 0.25) is 0 Å². The number of rotatable bonds is 2. The minimum atomic E-state index is 0. The molecule has 0 aliphatic carbocycles. The van der Waals surface area contributed by atoms with Gasteiger partial charge >= 0.3 is 0 Å². The molecule has 1 aliphatic rings. The molecule has 0 fully saturated rings. The SMILES string of the molecule is CO[C-]1C=CC=CN1C(C)C.[Y]. The Morgan fingerprint density at radius 2 is 2.00 bits per heavy atom. The molecular weight excluding hydrogens is 227 g/mol. The van der Waals surface area contributed by atoms with E-state index in [1.54, 1.807) is 7.11 Å². The average molecular weight is 241 g/mol. The summed E-state index contributed by atoms with van der Waals surface area (Å²) in [6.45, 7) is 4.26. The molecule has 12 heavy (non-hydrogen) atoms. The second-order valence-corrected chi connectivity index (χ2v) is 2.74. The molecule has 0 N–H and O–H groups in total. The Balaban J connectivity index is 0.00000121. The number of methoxy groups -OCH3 is 1. The summed E-state index contributed by atoms with van der Waals surface area (Å²) < 4.78 is 5.17. The van der Waals surface area contributed by atoms with E-state index in [1.807, 2.05) is 24.4 Å². The minimum Gasteiger partial charge on any atom is -0.422 e. The van der Waals surface area contributed by atoms with Crippen molar-refractivity contribution in [1.82, 2.24) is 4.90 Å². The van der Waals surface area contributed by atoms with Gasteiger partial charge in [-0.2, -0.15) is 6.08 Å². The Bertz CT molecular complexity index is 177. The summed E-state index contributed by atoms with van der Waals surface area (Å²) in [5.74, 6) is 0. The molecule has 0 saturated carbocycles. The number of hydrogen-bond acceptors (Lipinski definition) is 2. The van der Waals surface area contributed by atoms with Gasteiger partial charge in [0.15, 0.2) is 0 Å². The summed E-state index contributed by atoms with van der Waals surface area (Å²) in [6.07, 6.45) is 8.85. The maximum Gasteiger partial charge on any atom is 0.0212 e. The van der Waals surface area contributed by atoms with Crippen LogP contribution in [0.1, 0.15) is 13.8 Å². The first-order valence-electron chi connectivity index (χ1n) is 3.80. The third-order valence-corrected chi connectivity index (χ3v) is 1.62. The second-order valence-electron chi connectivity index (χ2n) is 2.74. The van der Waals surface area contributed by atoms with Crippen molar-refractivity contribution in [2.45, 2.75) is 19.9 Å². The first-order chi connectivity index (χ1) is 5.25. The van der Waals surface area contributed by atoms with Gasteiger partial charge in [-0.05, 0) is 26.3 Å². The van der Waals surface area contributed by atoms with E-state index >= 15 is 0 Å². The summed E-state index contributed by atoms with van der Waals surface area (Å²) in [7, 11) is 1.69. The van der Waals surface area contributed by atoms with E-state index in [-0.39, 0.29) is 32.7 Å². The molecule has 1 heterocycles. The number of allylic oxidation sites excluding steroid dienone is 2. The smallest absolute Gasteiger partial charge is 0.0212 e. The van der Waals surface area contributed by atoms with Gasteiger partial charge in [-0.15, -0.1) is 6.08 Å². The third kappa shape index (κ3) is 2.93. The van der Waals surface area contributed by atoms with Gasteiger partial charge in [0.2, 0.25) is 0 Å². The molecule has 0 aromatic heterocycles. The molecule has 65 valence electrons. The first-order valence-corrected chi connectivity index (χ1v) is 3.80. The fourth-order valence-corrected chi connectivity index (χ4v) is 1.04. The van der Waals surface area contributed by atoms with Crippen molar-refractivity contribution in [2.24, 2.45) is 0 Å². The maximum atomic E-state index is 5.17. The predicted octanol–water partition coefficient (Wildman–Crippen LogP) is 1.91. The molecule has 3 heteroatoms. The Morgan fingerprint density at radius 3 is 2.42 bits per heavy atom. The molecule has 0 unspecified atom stereocenters. The van der Waals surface area contributed by atoms with Gasteiger partial charge in [-0.3, -0.25) is 0 Å². The van der Waals surface area contributed by atoms with Crippen LogP contribution in [0, 0.1) is 6.23 Å². The largest absolute Gasteiger partial charge is 0.422 e. The van der Waals surface area contributed by atoms with Gasteiger partial charge in [-0.1, -0.05) is 0 Å². The molecule has 0 aromatic carbocycles. The Morgan fingerprint density at radius 1 is 1.33 bits per heavy atom. The topological polar surface area (TPSA) is 12.5 Å². The Hall–Kier alpha value is 0.214. The zero-order valence-electron chi connectivity index (χ0n) is 7.82. The molecule has 1 radical (unpaired) electrons. The van der Waals surface area contributed by atoms with E-state index in [2.05, 4.69) is 18.7 Å². The number of hydrogen-bond donors (Lipinski definition) is 0. The molecule has 1 rings (SSSR count). The molecule has 0 spiro atoms. The van der Waals surface area contributed by atoms with E-state index in [0.29, 0.717) is 6.04 Å². The molecule has 0 atom stereocenters. The van der Waals surface area contributed by atoms with Crippen molar-refractivity contribution in [2.75, 3.05) is 7.11 Å². The van der Waals surface area contributed by atoms with Gasteiger partial charge in [0.05, 0.1) is 0 Å². The van der Waals surface area contributed by atoms with Crippen LogP contribution in [0.4, 0.5) is 0 Å². The van der Waals surface area contributed by atoms with Crippen molar-refractivity contribution in [3.8, 4) is 0 Å². The van der Waals surface area contributed by atoms with Gasteiger partial charge in [-0.25, -0.2) is 6.08 Å². The molecule has 0 aromatic rings. The fourth-order valence-electron chi connectivity index (χ4n) is 1.04. The predicted molar refractivity (Wildman–Crippen MR) is 45.5 cm³/mol.